The van der Waals surface area contributed by atoms with Crippen molar-refractivity contribution in [2.45, 2.75) is 155 Å². The molecule has 1 aliphatic carbocycles. The lowest BCUT2D eigenvalue weighted by Crippen LogP contribution is -1.96. The maximum atomic E-state index is 6.46. The molecule has 208 valence electrons. The summed E-state index contributed by atoms with van der Waals surface area (Å²) < 4.78 is 6.46. The van der Waals surface area contributed by atoms with Crippen LogP contribution in [0.25, 0.3) is 0 Å². The Labute approximate surface area is 230 Å². The van der Waals surface area contributed by atoms with Gasteiger partial charge in [-0.15, -0.1) is 0 Å². The molecule has 1 heteroatoms. The van der Waals surface area contributed by atoms with Crippen molar-refractivity contribution < 1.29 is 4.74 Å². The maximum Gasteiger partial charge on any atom is 0.130 e. The van der Waals surface area contributed by atoms with E-state index in [1.165, 1.54) is 140 Å². The van der Waals surface area contributed by atoms with Crippen LogP contribution in [0.3, 0.4) is 0 Å². The SMILES string of the molecule is C1CCCCC1.CCCCCCCCCc1ccccc1Oc1ccccc1CCCCCCCCC. The second-order valence-electron chi connectivity index (χ2n) is 11.2. The molecule has 0 aromatic heterocycles. The number of benzene rings is 2. The van der Waals surface area contributed by atoms with Crippen LogP contribution < -0.4 is 4.74 Å². The topological polar surface area (TPSA) is 9.23 Å². The van der Waals surface area contributed by atoms with Gasteiger partial charge in [-0.2, -0.15) is 0 Å². The van der Waals surface area contributed by atoms with E-state index < -0.39 is 0 Å². The molecule has 0 heterocycles. The lowest BCUT2D eigenvalue weighted by atomic mass is 10.0. The van der Waals surface area contributed by atoms with E-state index >= 15 is 0 Å². The minimum absolute atomic E-state index is 1.04. The van der Waals surface area contributed by atoms with Crippen LogP contribution >= 0.6 is 0 Å². The molecule has 0 bridgehead atoms. The fourth-order valence-corrected chi connectivity index (χ4v) is 5.34. The molecule has 0 atom stereocenters. The average molecular weight is 507 g/mol. The van der Waals surface area contributed by atoms with Crippen molar-refractivity contribution in [3.63, 3.8) is 0 Å². The van der Waals surface area contributed by atoms with Gasteiger partial charge in [-0.3, -0.25) is 0 Å². The smallest absolute Gasteiger partial charge is 0.130 e. The molecule has 1 fully saturated rings. The summed E-state index contributed by atoms with van der Waals surface area (Å²) in [5, 5.41) is 0. The molecule has 3 rings (SSSR count). The summed E-state index contributed by atoms with van der Waals surface area (Å²) in [6, 6.07) is 17.3. The Balaban J connectivity index is 0.000000700. The minimum atomic E-state index is 1.04. The fourth-order valence-electron chi connectivity index (χ4n) is 5.34. The average Bonchev–Trinajstić information content (AvgIpc) is 2.95. The summed E-state index contributed by atoms with van der Waals surface area (Å²) in [5.74, 6) is 2.08. The van der Waals surface area contributed by atoms with Gasteiger partial charge >= 0.3 is 0 Å². The monoisotopic (exact) mass is 506 g/mol. The number of aryl methyl sites for hydroxylation is 2. The van der Waals surface area contributed by atoms with Crippen LogP contribution in [0.4, 0.5) is 0 Å². The van der Waals surface area contributed by atoms with Crippen molar-refractivity contribution >= 4 is 0 Å². The van der Waals surface area contributed by atoms with Gasteiger partial charge in [0.15, 0.2) is 0 Å². The quantitative estimate of drug-likeness (QED) is 0.183. The molecule has 0 aliphatic heterocycles. The Kier molecular flexibility index (Phi) is 18.9. The molecular weight excluding hydrogens is 448 g/mol. The predicted octanol–water partition coefficient (Wildman–Crippen LogP) is 12.4. The zero-order chi connectivity index (χ0) is 26.2. The molecule has 0 saturated heterocycles. The van der Waals surface area contributed by atoms with Crippen molar-refractivity contribution in [1.29, 1.82) is 0 Å². The first kappa shape index (κ1) is 31.5. The molecule has 0 radical (unpaired) electrons. The third kappa shape index (κ3) is 15.3. The molecule has 0 N–H and O–H groups in total. The maximum absolute atomic E-state index is 6.46. The first-order valence-corrected chi connectivity index (χ1v) is 16.2. The van der Waals surface area contributed by atoms with E-state index in [1.54, 1.807) is 0 Å². The molecular formula is C36H58O. The van der Waals surface area contributed by atoms with Crippen molar-refractivity contribution in [2.24, 2.45) is 0 Å². The molecule has 37 heavy (non-hydrogen) atoms. The van der Waals surface area contributed by atoms with Gasteiger partial charge in [-0.1, -0.05) is 166 Å². The van der Waals surface area contributed by atoms with Gasteiger partial charge in [0, 0.05) is 0 Å². The van der Waals surface area contributed by atoms with E-state index in [-0.39, 0.29) is 0 Å². The van der Waals surface area contributed by atoms with E-state index in [0.717, 1.165) is 24.3 Å². The van der Waals surface area contributed by atoms with Gasteiger partial charge in [-0.05, 0) is 48.9 Å². The second-order valence-corrected chi connectivity index (χ2v) is 11.2. The number of hydrogen-bond acceptors (Lipinski definition) is 1. The summed E-state index contributed by atoms with van der Waals surface area (Å²) in [6.07, 6.45) is 30.1. The van der Waals surface area contributed by atoms with Crippen LogP contribution in [0.1, 0.15) is 153 Å². The Bertz CT molecular complexity index is 705. The van der Waals surface area contributed by atoms with Crippen LogP contribution in [0.5, 0.6) is 11.5 Å². The Morgan fingerprint density at radius 2 is 0.757 bits per heavy atom. The third-order valence-electron chi connectivity index (χ3n) is 7.76. The van der Waals surface area contributed by atoms with Crippen LogP contribution in [0.2, 0.25) is 0 Å². The first-order chi connectivity index (χ1) is 18.3. The van der Waals surface area contributed by atoms with Crippen molar-refractivity contribution in [2.75, 3.05) is 0 Å². The lowest BCUT2D eigenvalue weighted by Gasteiger charge is -2.14. The van der Waals surface area contributed by atoms with Gasteiger partial charge < -0.3 is 4.74 Å². The zero-order valence-corrected chi connectivity index (χ0v) is 24.6. The summed E-state index contributed by atoms with van der Waals surface area (Å²) >= 11 is 0. The minimum Gasteiger partial charge on any atom is -0.457 e. The molecule has 1 aliphatic rings. The van der Waals surface area contributed by atoms with Crippen LogP contribution in [0, 0.1) is 0 Å². The van der Waals surface area contributed by atoms with Crippen LogP contribution in [0.15, 0.2) is 48.5 Å². The van der Waals surface area contributed by atoms with Gasteiger partial charge in [0.05, 0.1) is 0 Å². The Morgan fingerprint density at radius 1 is 0.432 bits per heavy atom. The third-order valence-corrected chi connectivity index (χ3v) is 7.76. The fraction of sp³-hybridized carbons (Fsp3) is 0.667. The highest BCUT2D eigenvalue weighted by atomic mass is 16.5. The standard InChI is InChI=1S/C30H46O.C6H12/c1-3-5-7-9-11-13-15-21-27-23-17-19-25-29(27)31-30-26-20-18-24-28(30)22-16-14-12-10-8-6-4-2;1-2-4-6-5-3-1/h17-20,23-26H,3-16,21-22H2,1-2H3;1-6H2. The molecule has 1 saturated carbocycles. The molecule has 2 aromatic rings. The van der Waals surface area contributed by atoms with Gasteiger partial charge in [0.2, 0.25) is 0 Å². The summed E-state index contributed by atoms with van der Waals surface area (Å²) in [4.78, 5) is 0. The normalized spacial score (nSPS) is 13.1. The van der Waals surface area contributed by atoms with E-state index in [2.05, 4.69) is 62.4 Å². The predicted molar refractivity (Wildman–Crippen MR) is 164 cm³/mol. The Morgan fingerprint density at radius 3 is 1.14 bits per heavy atom. The lowest BCUT2D eigenvalue weighted by molar-refractivity contribution is 0.466. The highest BCUT2D eigenvalue weighted by Crippen LogP contribution is 2.30. The number of unbranched alkanes of at least 4 members (excludes halogenated alkanes) is 12. The zero-order valence-electron chi connectivity index (χ0n) is 24.6. The van der Waals surface area contributed by atoms with Crippen molar-refractivity contribution in [3.05, 3.63) is 59.7 Å². The van der Waals surface area contributed by atoms with E-state index in [9.17, 15) is 0 Å². The van der Waals surface area contributed by atoms with Crippen LogP contribution in [-0.4, -0.2) is 0 Å². The highest BCUT2D eigenvalue weighted by Gasteiger charge is 2.08. The Hall–Kier alpha value is -1.76. The molecule has 1 nitrogen and oxygen atoms in total. The van der Waals surface area contributed by atoms with Crippen molar-refractivity contribution in [1.82, 2.24) is 0 Å². The van der Waals surface area contributed by atoms with Crippen LogP contribution in [-0.2, 0) is 12.8 Å². The molecule has 0 amide bonds. The number of ether oxygens (including phenoxy) is 1. The first-order valence-electron chi connectivity index (χ1n) is 16.2. The van der Waals surface area contributed by atoms with E-state index in [4.69, 9.17) is 4.74 Å². The second kappa shape index (κ2) is 22.2. The molecule has 2 aromatic carbocycles. The van der Waals surface area contributed by atoms with Gasteiger partial charge in [0.25, 0.3) is 0 Å². The van der Waals surface area contributed by atoms with Gasteiger partial charge in [-0.25, -0.2) is 0 Å². The summed E-state index contributed by atoms with van der Waals surface area (Å²) in [6.45, 7) is 4.56. The van der Waals surface area contributed by atoms with Gasteiger partial charge in [0.1, 0.15) is 11.5 Å². The van der Waals surface area contributed by atoms with E-state index in [0.29, 0.717) is 0 Å². The summed E-state index contributed by atoms with van der Waals surface area (Å²) in [7, 11) is 0. The van der Waals surface area contributed by atoms with E-state index in [1.807, 2.05) is 0 Å². The largest absolute Gasteiger partial charge is 0.457 e. The van der Waals surface area contributed by atoms with Crippen molar-refractivity contribution in [3.8, 4) is 11.5 Å². The number of rotatable bonds is 18. The molecule has 0 spiro atoms. The highest BCUT2D eigenvalue weighted by molar-refractivity contribution is 5.41. The number of hydrogen-bond donors (Lipinski definition) is 0. The molecule has 0 unspecified atom stereocenters. The number of para-hydroxylation sites is 2. The summed E-state index contributed by atoms with van der Waals surface area (Å²) in [5.41, 5.74) is 2.70.